The minimum absolute atomic E-state index is 0.00239. The van der Waals surface area contributed by atoms with Gasteiger partial charge in [-0.15, -0.1) is 0 Å². The fourth-order valence-corrected chi connectivity index (χ4v) is 1.82. The molecule has 0 aromatic heterocycles. The molecule has 1 amide bonds. The van der Waals surface area contributed by atoms with Crippen molar-refractivity contribution in [2.24, 2.45) is 0 Å². The highest BCUT2D eigenvalue weighted by atomic mass is 35.5. The average Bonchev–Trinajstić information content (AvgIpc) is 2.18. The molecule has 1 atom stereocenters. The minimum Gasteiger partial charge on any atom is -0.350 e. The molecule has 1 unspecified atom stereocenters. The minimum atomic E-state index is -0.0638. The SMILES string of the molecule is CC(NC(=O)CCS)c1ccccc1Cl. The van der Waals surface area contributed by atoms with Crippen LogP contribution in [-0.4, -0.2) is 11.7 Å². The Hall–Kier alpha value is -0.670. The van der Waals surface area contributed by atoms with Crippen molar-refractivity contribution in [2.45, 2.75) is 19.4 Å². The van der Waals surface area contributed by atoms with Crippen LogP contribution in [-0.2, 0) is 4.79 Å². The topological polar surface area (TPSA) is 29.1 Å². The predicted molar refractivity (Wildman–Crippen MR) is 66.5 cm³/mol. The number of carbonyl (C=O) groups excluding carboxylic acids is 1. The van der Waals surface area contributed by atoms with Gasteiger partial charge < -0.3 is 5.32 Å². The number of thiol groups is 1. The van der Waals surface area contributed by atoms with Gasteiger partial charge in [0.25, 0.3) is 0 Å². The van der Waals surface area contributed by atoms with Gasteiger partial charge in [0.15, 0.2) is 0 Å². The maximum atomic E-state index is 11.3. The number of rotatable bonds is 4. The molecule has 0 radical (unpaired) electrons. The van der Waals surface area contributed by atoms with Crippen LogP contribution < -0.4 is 5.32 Å². The van der Waals surface area contributed by atoms with Crippen molar-refractivity contribution in [1.29, 1.82) is 0 Å². The third kappa shape index (κ3) is 3.76. The smallest absolute Gasteiger partial charge is 0.221 e. The van der Waals surface area contributed by atoms with Gasteiger partial charge in [-0.1, -0.05) is 29.8 Å². The number of halogens is 1. The summed E-state index contributed by atoms with van der Waals surface area (Å²) < 4.78 is 0. The summed E-state index contributed by atoms with van der Waals surface area (Å²) >= 11 is 10.0. The van der Waals surface area contributed by atoms with E-state index in [4.69, 9.17) is 11.6 Å². The highest BCUT2D eigenvalue weighted by Gasteiger charge is 2.11. The molecule has 0 heterocycles. The quantitative estimate of drug-likeness (QED) is 0.783. The van der Waals surface area contributed by atoms with Crippen LogP contribution >= 0.6 is 24.2 Å². The van der Waals surface area contributed by atoms with E-state index in [1.54, 1.807) is 0 Å². The normalized spacial score (nSPS) is 12.2. The van der Waals surface area contributed by atoms with Crippen LogP contribution in [0, 0.1) is 0 Å². The Labute approximate surface area is 100 Å². The number of hydrogen-bond acceptors (Lipinski definition) is 2. The first-order chi connectivity index (χ1) is 7.15. The maximum Gasteiger partial charge on any atom is 0.221 e. The average molecular weight is 244 g/mol. The van der Waals surface area contributed by atoms with Crippen LogP contribution in [0.2, 0.25) is 5.02 Å². The second-order valence-corrected chi connectivity index (χ2v) is 4.14. The maximum absolute atomic E-state index is 11.3. The van der Waals surface area contributed by atoms with Crippen LogP contribution in [0.4, 0.5) is 0 Å². The molecule has 0 saturated carbocycles. The lowest BCUT2D eigenvalue weighted by atomic mass is 10.1. The summed E-state index contributed by atoms with van der Waals surface area (Å²) in [6.45, 7) is 1.91. The Morgan fingerprint density at radius 1 is 1.53 bits per heavy atom. The molecule has 15 heavy (non-hydrogen) atoms. The van der Waals surface area contributed by atoms with Crippen LogP contribution in [0.25, 0.3) is 0 Å². The monoisotopic (exact) mass is 243 g/mol. The lowest BCUT2D eigenvalue weighted by Gasteiger charge is -2.15. The highest BCUT2D eigenvalue weighted by Crippen LogP contribution is 2.21. The summed E-state index contributed by atoms with van der Waals surface area (Å²) in [5.41, 5.74) is 0.937. The third-order valence-electron chi connectivity index (χ3n) is 2.09. The molecule has 0 aliphatic rings. The second kappa shape index (κ2) is 6.03. The Kier molecular flexibility index (Phi) is 4.99. The van der Waals surface area contributed by atoms with Gasteiger partial charge in [-0.25, -0.2) is 0 Å². The summed E-state index contributed by atoms with van der Waals surface area (Å²) in [6, 6.07) is 7.44. The summed E-state index contributed by atoms with van der Waals surface area (Å²) in [6.07, 6.45) is 0.428. The van der Waals surface area contributed by atoms with E-state index >= 15 is 0 Å². The molecule has 2 nitrogen and oxygen atoms in total. The second-order valence-electron chi connectivity index (χ2n) is 3.28. The van der Waals surface area contributed by atoms with Crippen molar-refractivity contribution in [1.82, 2.24) is 5.32 Å². The van der Waals surface area contributed by atoms with Crippen LogP contribution in [0.1, 0.15) is 24.9 Å². The van der Waals surface area contributed by atoms with Gasteiger partial charge in [-0.05, 0) is 24.3 Å². The van der Waals surface area contributed by atoms with E-state index in [2.05, 4.69) is 17.9 Å². The summed E-state index contributed by atoms with van der Waals surface area (Å²) in [4.78, 5) is 11.3. The summed E-state index contributed by atoms with van der Waals surface area (Å²) in [5, 5.41) is 3.54. The molecule has 1 N–H and O–H groups in total. The lowest BCUT2D eigenvalue weighted by molar-refractivity contribution is -0.121. The molecule has 0 bridgehead atoms. The fourth-order valence-electron chi connectivity index (χ4n) is 1.32. The zero-order chi connectivity index (χ0) is 11.3. The molecule has 4 heteroatoms. The number of hydrogen-bond donors (Lipinski definition) is 2. The lowest BCUT2D eigenvalue weighted by Crippen LogP contribution is -2.26. The standard InChI is InChI=1S/C11H14ClNOS/c1-8(13-11(14)6-7-15)9-4-2-3-5-10(9)12/h2-5,8,15H,6-7H2,1H3,(H,13,14). The highest BCUT2D eigenvalue weighted by molar-refractivity contribution is 7.80. The van der Waals surface area contributed by atoms with E-state index in [1.807, 2.05) is 31.2 Å². The summed E-state index contributed by atoms with van der Waals surface area (Å²) in [7, 11) is 0. The van der Waals surface area contributed by atoms with Crippen LogP contribution in [0.5, 0.6) is 0 Å². The number of benzene rings is 1. The van der Waals surface area contributed by atoms with Crippen molar-refractivity contribution in [3.63, 3.8) is 0 Å². The van der Waals surface area contributed by atoms with Gasteiger partial charge in [0.05, 0.1) is 6.04 Å². The van der Waals surface area contributed by atoms with Gasteiger partial charge in [0.1, 0.15) is 0 Å². The number of carbonyl (C=O) groups is 1. The molecule has 0 aliphatic carbocycles. The Balaban J connectivity index is 2.65. The first-order valence-electron chi connectivity index (χ1n) is 4.79. The Bertz CT molecular complexity index is 343. The van der Waals surface area contributed by atoms with Crippen molar-refractivity contribution < 1.29 is 4.79 Å². The first-order valence-corrected chi connectivity index (χ1v) is 5.81. The van der Waals surface area contributed by atoms with Gasteiger partial charge in [-0.3, -0.25) is 4.79 Å². The van der Waals surface area contributed by atoms with Crippen LogP contribution in [0.15, 0.2) is 24.3 Å². The first kappa shape index (κ1) is 12.4. The molecule has 0 aliphatic heterocycles. The van der Waals surface area contributed by atoms with Crippen molar-refractivity contribution in [3.05, 3.63) is 34.9 Å². The predicted octanol–water partition coefficient (Wildman–Crippen LogP) is 2.84. The molecule has 1 aromatic carbocycles. The fraction of sp³-hybridized carbons (Fsp3) is 0.364. The van der Waals surface area contributed by atoms with Crippen molar-refractivity contribution in [2.75, 3.05) is 5.75 Å². The van der Waals surface area contributed by atoms with Gasteiger partial charge >= 0.3 is 0 Å². The molecule has 82 valence electrons. The van der Waals surface area contributed by atoms with E-state index in [1.165, 1.54) is 0 Å². The van der Waals surface area contributed by atoms with Gasteiger partial charge in [-0.2, -0.15) is 12.6 Å². The molecule has 0 spiro atoms. The van der Waals surface area contributed by atoms with E-state index in [0.29, 0.717) is 17.2 Å². The Morgan fingerprint density at radius 3 is 2.80 bits per heavy atom. The van der Waals surface area contributed by atoms with E-state index in [0.717, 1.165) is 5.56 Å². The third-order valence-corrected chi connectivity index (χ3v) is 2.66. The van der Waals surface area contributed by atoms with Crippen molar-refractivity contribution >= 4 is 30.1 Å². The Morgan fingerprint density at radius 2 is 2.20 bits per heavy atom. The molecule has 1 aromatic rings. The molecular formula is C11H14ClNOS. The van der Waals surface area contributed by atoms with Crippen LogP contribution in [0.3, 0.4) is 0 Å². The van der Waals surface area contributed by atoms with Gasteiger partial charge in [0.2, 0.25) is 5.91 Å². The molecule has 0 fully saturated rings. The van der Waals surface area contributed by atoms with E-state index < -0.39 is 0 Å². The van der Waals surface area contributed by atoms with E-state index in [-0.39, 0.29) is 11.9 Å². The number of nitrogens with one attached hydrogen (secondary N) is 1. The molecular weight excluding hydrogens is 230 g/mol. The van der Waals surface area contributed by atoms with E-state index in [9.17, 15) is 4.79 Å². The zero-order valence-electron chi connectivity index (χ0n) is 8.53. The zero-order valence-corrected chi connectivity index (χ0v) is 10.2. The van der Waals surface area contributed by atoms with Crippen molar-refractivity contribution in [3.8, 4) is 0 Å². The molecule has 0 saturated heterocycles. The number of amides is 1. The van der Waals surface area contributed by atoms with Gasteiger partial charge in [0, 0.05) is 11.4 Å². The summed E-state index contributed by atoms with van der Waals surface area (Å²) in [5.74, 6) is 0.554. The molecule has 1 rings (SSSR count). The largest absolute Gasteiger partial charge is 0.350 e.